The van der Waals surface area contributed by atoms with Gasteiger partial charge in [0.25, 0.3) is 0 Å². The lowest BCUT2D eigenvalue weighted by Gasteiger charge is -2.44. The van der Waals surface area contributed by atoms with E-state index >= 15 is 0 Å². The van der Waals surface area contributed by atoms with E-state index in [1.807, 2.05) is 40.0 Å². The number of hydrogen-bond donors (Lipinski definition) is 0. The van der Waals surface area contributed by atoms with E-state index in [4.69, 9.17) is 4.98 Å². The zero-order valence-corrected chi connectivity index (χ0v) is 25.1. The summed E-state index contributed by atoms with van der Waals surface area (Å²) in [6, 6.07) is 11.4. The van der Waals surface area contributed by atoms with Crippen molar-refractivity contribution in [1.29, 1.82) is 0 Å². The van der Waals surface area contributed by atoms with Gasteiger partial charge in [-0.1, -0.05) is 115 Å². The SMILES string of the molecule is CC.CC.CC(C)C1(c2cc3c(cc2-c2ccccn2)C(C)(C)C(C)(C)C3(C)C)CC1.CCC. The molecular weight excluding hydrogens is 410 g/mol. The van der Waals surface area contributed by atoms with Crippen LogP contribution in [0.4, 0.5) is 0 Å². The Labute approximate surface area is 213 Å². The molecule has 1 aromatic heterocycles. The molecule has 1 heterocycles. The fourth-order valence-electron chi connectivity index (χ4n) is 5.53. The van der Waals surface area contributed by atoms with Gasteiger partial charge in [0.15, 0.2) is 0 Å². The minimum atomic E-state index is 0.127. The van der Waals surface area contributed by atoms with E-state index in [1.54, 1.807) is 5.56 Å². The molecule has 0 spiro atoms. The van der Waals surface area contributed by atoms with Crippen LogP contribution in [-0.2, 0) is 16.2 Å². The third-order valence-corrected chi connectivity index (χ3v) is 9.00. The number of aromatic nitrogens is 1. The van der Waals surface area contributed by atoms with Gasteiger partial charge in [0, 0.05) is 11.8 Å². The standard InChI is InChI=1S/C26H35N.C3H8.2C2H6/c1-17(2)26(12-13-26)19-16-21-20(15-18(19)22-11-9-10-14-27-22)23(3,4)25(7,8)24(21,5)6;1-3-2;2*1-2/h9-11,14-17H,12-13H2,1-8H3;3H2,1-2H3;2*1-2H3. The van der Waals surface area contributed by atoms with Gasteiger partial charge in [-0.2, -0.15) is 0 Å². The maximum Gasteiger partial charge on any atom is 0.0705 e. The molecule has 0 N–H and O–H groups in total. The topological polar surface area (TPSA) is 12.9 Å². The van der Waals surface area contributed by atoms with Gasteiger partial charge >= 0.3 is 0 Å². The summed E-state index contributed by atoms with van der Waals surface area (Å²) >= 11 is 0. The van der Waals surface area contributed by atoms with Crippen LogP contribution in [0.5, 0.6) is 0 Å². The average molecular weight is 466 g/mol. The van der Waals surface area contributed by atoms with Gasteiger partial charge in [0.2, 0.25) is 0 Å². The Bertz CT molecular complexity index is 896. The van der Waals surface area contributed by atoms with Crippen molar-refractivity contribution in [2.75, 3.05) is 0 Å². The van der Waals surface area contributed by atoms with Gasteiger partial charge in [-0.25, -0.2) is 0 Å². The largest absolute Gasteiger partial charge is 0.256 e. The number of nitrogens with zero attached hydrogens (tertiary/aromatic N) is 1. The van der Waals surface area contributed by atoms with Crippen molar-refractivity contribution in [1.82, 2.24) is 4.98 Å². The first kappa shape index (κ1) is 30.4. The minimum absolute atomic E-state index is 0.127. The minimum Gasteiger partial charge on any atom is -0.256 e. The summed E-state index contributed by atoms with van der Waals surface area (Å²) in [6.07, 6.45) is 5.79. The van der Waals surface area contributed by atoms with E-state index in [-0.39, 0.29) is 16.2 Å². The molecule has 2 aliphatic carbocycles. The van der Waals surface area contributed by atoms with Crippen LogP contribution in [0.15, 0.2) is 36.5 Å². The molecule has 0 aliphatic heterocycles. The summed E-state index contributed by atoms with van der Waals surface area (Å²) in [5.74, 6) is 0.656. The van der Waals surface area contributed by atoms with Crippen LogP contribution in [-0.4, -0.2) is 4.98 Å². The lowest BCUT2D eigenvalue weighted by atomic mass is 9.59. The highest BCUT2D eigenvalue weighted by Crippen LogP contribution is 2.64. The van der Waals surface area contributed by atoms with Crippen LogP contribution in [0.25, 0.3) is 11.3 Å². The van der Waals surface area contributed by atoms with Gasteiger partial charge < -0.3 is 0 Å². The quantitative estimate of drug-likeness (QED) is 0.439. The summed E-state index contributed by atoms with van der Waals surface area (Å²) < 4.78 is 0. The Hall–Kier alpha value is -1.63. The second-order valence-corrected chi connectivity index (χ2v) is 11.6. The molecule has 0 bridgehead atoms. The zero-order chi connectivity index (χ0) is 26.5. The van der Waals surface area contributed by atoms with Crippen LogP contribution in [0.1, 0.15) is 133 Å². The second-order valence-electron chi connectivity index (χ2n) is 11.6. The van der Waals surface area contributed by atoms with Gasteiger partial charge in [-0.05, 0) is 75.3 Å². The third kappa shape index (κ3) is 4.87. The fraction of sp³-hybridized carbons (Fsp3) is 0.667. The lowest BCUT2D eigenvalue weighted by molar-refractivity contribution is 0.125. The maximum absolute atomic E-state index is 4.76. The molecule has 0 radical (unpaired) electrons. The van der Waals surface area contributed by atoms with E-state index < -0.39 is 0 Å². The zero-order valence-electron chi connectivity index (χ0n) is 25.1. The molecule has 1 nitrogen and oxygen atoms in total. The number of rotatable bonds is 3. The van der Waals surface area contributed by atoms with Crippen LogP contribution >= 0.6 is 0 Å². The summed E-state index contributed by atoms with van der Waals surface area (Å²) in [5, 5.41) is 0. The van der Waals surface area contributed by atoms with Gasteiger partial charge in [0.05, 0.1) is 5.69 Å². The molecule has 192 valence electrons. The Balaban J connectivity index is 0.000000750. The van der Waals surface area contributed by atoms with E-state index in [2.05, 4.69) is 93.5 Å². The molecule has 1 heteroatoms. The number of benzene rings is 1. The van der Waals surface area contributed by atoms with Crippen molar-refractivity contribution in [3.63, 3.8) is 0 Å². The Morgan fingerprint density at radius 3 is 1.62 bits per heavy atom. The number of fused-ring (bicyclic) bond motifs is 1. The van der Waals surface area contributed by atoms with Crippen LogP contribution in [0, 0.1) is 11.3 Å². The van der Waals surface area contributed by atoms with Crippen molar-refractivity contribution < 1.29 is 0 Å². The maximum atomic E-state index is 4.76. The molecule has 0 saturated heterocycles. The lowest BCUT2D eigenvalue weighted by Crippen LogP contribution is -2.42. The molecule has 34 heavy (non-hydrogen) atoms. The number of hydrogen-bond acceptors (Lipinski definition) is 1. The van der Waals surface area contributed by atoms with E-state index in [1.165, 1.54) is 36.0 Å². The van der Waals surface area contributed by atoms with Crippen LogP contribution < -0.4 is 0 Å². The highest BCUT2D eigenvalue weighted by molar-refractivity contribution is 5.71. The van der Waals surface area contributed by atoms with Crippen molar-refractivity contribution in [2.45, 2.75) is 132 Å². The highest BCUT2D eigenvalue weighted by atomic mass is 14.7. The van der Waals surface area contributed by atoms with Gasteiger partial charge in [-0.3, -0.25) is 4.98 Å². The summed E-state index contributed by atoms with van der Waals surface area (Å²) in [6.45, 7) is 31.7. The predicted octanol–water partition coefficient (Wildman–Crippen LogP) is 10.5. The summed E-state index contributed by atoms with van der Waals surface area (Å²) in [4.78, 5) is 4.76. The monoisotopic (exact) mass is 465 g/mol. The summed E-state index contributed by atoms with van der Waals surface area (Å²) in [5.41, 5.74) is 7.89. The van der Waals surface area contributed by atoms with E-state index in [0.717, 1.165) is 5.69 Å². The first-order chi connectivity index (χ1) is 15.9. The van der Waals surface area contributed by atoms with Crippen molar-refractivity contribution in [3.05, 3.63) is 53.2 Å². The first-order valence-corrected chi connectivity index (χ1v) is 14.0. The Kier molecular flexibility index (Phi) is 10.2. The van der Waals surface area contributed by atoms with Gasteiger partial charge in [0.1, 0.15) is 0 Å². The molecule has 1 aromatic carbocycles. The molecule has 0 atom stereocenters. The normalized spacial score (nSPS) is 19.4. The molecule has 4 rings (SSSR count). The molecule has 0 amide bonds. The molecule has 1 saturated carbocycles. The average Bonchev–Trinajstić information content (AvgIpc) is 3.62. The summed E-state index contributed by atoms with van der Waals surface area (Å²) in [7, 11) is 0. The van der Waals surface area contributed by atoms with Crippen LogP contribution in [0.2, 0.25) is 0 Å². The predicted molar refractivity (Wildman–Crippen MR) is 154 cm³/mol. The molecule has 2 aliphatic rings. The van der Waals surface area contributed by atoms with Crippen molar-refractivity contribution >= 4 is 0 Å². The first-order valence-electron chi connectivity index (χ1n) is 14.0. The van der Waals surface area contributed by atoms with E-state index in [0.29, 0.717) is 11.3 Å². The van der Waals surface area contributed by atoms with Gasteiger partial charge in [-0.15, -0.1) is 0 Å². The molecule has 2 aromatic rings. The smallest absolute Gasteiger partial charge is 0.0705 e. The number of pyridine rings is 1. The fourth-order valence-corrected chi connectivity index (χ4v) is 5.53. The van der Waals surface area contributed by atoms with Crippen molar-refractivity contribution in [2.24, 2.45) is 11.3 Å². The second kappa shape index (κ2) is 11.4. The van der Waals surface area contributed by atoms with Crippen LogP contribution in [0.3, 0.4) is 0 Å². The van der Waals surface area contributed by atoms with E-state index in [9.17, 15) is 0 Å². The van der Waals surface area contributed by atoms with Crippen molar-refractivity contribution in [3.8, 4) is 11.3 Å². The third-order valence-electron chi connectivity index (χ3n) is 9.00. The molecule has 1 fully saturated rings. The molecular formula is C33H55N. The molecule has 0 unspecified atom stereocenters. The Morgan fingerprint density at radius 1 is 0.765 bits per heavy atom. The highest BCUT2D eigenvalue weighted by Gasteiger charge is 2.58. The Morgan fingerprint density at radius 2 is 1.24 bits per heavy atom.